The van der Waals surface area contributed by atoms with Gasteiger partial charge in [0, 0.05) is 0 Å². The second-order valence-corrected chi connectivity index (χ2v) is 6.79. The van der Waals surface area contributed by atoms with Crippen molar-refractivity contribution in [3.05, 3.63) is 65.7 Å². The number of benzene rings is 2. The van der Waals surface area contributed by atoms with E-state index in [-0.39, 0.29) is 0 Å². The zero-order valence-corrected chi connectivity index (χ0v) is 14.8. The molecule has 150 valence electrons. The molecule has 1 fully saturated rings. The van der Waals surface area contributed by atoms with E-state index < -0.39 is 29.6 Å². The first kappa shape index (κ1) is 20.3. The molecule has 1 aliphatic rings. The standard InChI is InChI=1S/C21H18F6O/c22-17-12-16(10-11-18(17)28-20(24)19(23)21(25,26)27)15-8-6-14(7-9-15)13-4-2-1-3-5-13/h6-13H,1-5H2/b20-19-. The molecule has 0 bridgehead atoms. The van der Waals surface area contributed by atoms with Crippen molar-refractivity contribution >= 4 is 0 Å². The van der Waals surface area contributed by atoms with Crippen molar-refractivity contribution in [3.63, 3.8) is 0 Å². The molecule has 0 atom stereocenters. The van der Waals surface area contributed by atoms with Crippen LogP contribution in [0.2, 0.25) is 0 Å². The van der Waals surface area contributed by atoms with Gasteiger partial charge in [0.05, 0.1) is 0 Å². The summed E-state index contributed by atoms with van der Waals surface area (Å²) in [5.41, 5.74) is 2.36. The van der Waals surface area contributed by atoms with Gasteiger partial charge in [0.2, 0.25) is 0 Å². The Kier molecular flexibility index (Phi) is 6.01. The minimum atomic E-state index is -5.54. The molecule has 1 nitrogen and oxygen atoms in total. The van der Waals surface area contributed by atoms with E-state index >= 15 is 0 Å². The van der Waals surface area contributed by atoms with Crippen LogP contribution in [0.1, 0.15) is 43.6 Å². The van der Waals surface area contributed by atoms with E-state index in [0.717, 1.165) is 25.0 Å². The number of halogens is 6. The van der Waals surface area contributed by atoms with Crippen LogP contribution in [-0.2, 0) is 0 Å². The number of hydrogen-bond donors (Lipinski definition) is 0. The lowest BCUT2D eigenvalue weighted by molar-refractivity contribution is -0.114. The summed E-state index contributed by atoms with van der Waals surface area (Å²) in [6.07, 6.45) is 0.421. The van der Waals surface area contributed by atoms with Crippen molar-refractivity contribution in [2.75, 3.05) is 0 Å². The Bertz CT molecular complexity index is 848. The van der Waals surface area contributed by atoms with Crippen LogP contribution >= 0.6 is 0 Å². The average Bonchev–Trinajstić information content (AvgIpc) is 2.69. The van der Waals surface area contributed by atoms with Gasteiger partial charge in [-0.3, -0.25) is 0 Å². The maximum absolute atomic E-state index is 14.1. The summed E-state index contributed by atoms with van der Waals surface area (Å²) in [7, 11) is 0. The quantitative estimate of drug-likeness (QED) is 0.379. The topological polar surface area (TPSA) is 9.23 Å². The molecule has 0 aromatic heterocycles. The molecule has 2 aromatic carbocycles. The third-order valence-electron chi connectivity index (χ3n) is 4.87. The molecule has 0 amide bonds. The monoisotopic (exact) mass is 400 g/mol. The fourth-order valence-electron chi connectivity index (χ4n) is 3.40. The maximum atomic E-state index is 14.1. The Hall–Kier alpha value is -2.44. The molecule has 28 heavy (non-hydrogen) atoms. The van der Waals surface area contributed by atoms with Gasteiger partial charge in [-0.25, -0.2) is 4.39 Å². The van der Waals surface area contributed by atoms with Gasteiger partial charge < -0.3 is 4.74 Å². The molecule has 1 saturated carbocycles. The molecule has 1 aliphatic carbocycles. The van der Waals surface area contributed by atoms with Gasteiger partial charge in [-0.05, 0) is 47.6 Å². The summed E-state index contributed by atoms with van der Waals surface area (Å²) in [5, 5.41) is 0. The lowest BCUT2D eigenvalue weighted by Gasteiger charge is -2.22. The van der Waals surface area contributed by atoms with E-state index in [9.17, 15) is 26.3 Å². The second-order valence-electron chi connectivity index (χ2n) is 6.79. The number of ether oxygens (including phenoxy) is 1. The van der Waals surface area contributed by atoms with Gasteiger partial charge >= 0.3 is 12.2 Å². The highest BCUT2D eigenvalue weighted by atomic mass is 19.4. The van der Waals surface area contributed by atoms with Crippen LogP contribution in [0.3, 0.4) is 0 Å². The highest BCUT2D eigenvalue weighted by Gasteiger charge is 2.39. The van der Waals surface area contributed by atoms with Crippen molar-refractivity contribution in [3.8, 4) is 16.9 Å². The Morgan fingerprint density at radius 2 is 1.46 bits per heavy atom. The van der Waals surface area contributed by atoms with Crippen LogP contribution in [0.25, 0.3) is 11.1 Å². The van der Waals surface area contributed by atoms with Crippen LogP contribution in [-0.4, -0.2) is 6.18 Å². The first-order valence-corrected chi connectivity index (χ1v) is 8.96. The summed E-state index contributed by atoms with van der Waals surface area (Å²) in [5.74, 6) is -4.46. The molecule has 0 heterocycles. The van der Waals surface area contributed by atoms with E-state index in [2.05, 4.69) is 4.74 Å². The summed E-state index contributed by atoms with van der Waals surface area (Å²) in [4.78, 5) is 0. The van der Waals surface area contributed by atoms with Crippen LogP contribution in [0.5, 0.6) is 5.75 Å². The Labute approximate surface area is 158 Å². The number of hydrogen-bond acceptors (Lipinski definition) is 1. The van der Waals surface area contributed by atoms with Gasteiger partial charge in [0.1, 0.15) is 0 Å². The smallest absolute Gasteiger partial charge is 0.426 e. The van der Waals surface area contributed by atoms with Crippen LogP contribution in [0.4, 0.5) is 26.3 Å². The SMILES string of the molecule is F/C(Oc1ccc(-c2ccc(C3CCCCC3)cc2)cc1F)=C(/F)C(F)(F)F. The molecule has 3 rings (SSSR count). The highest BCUT2D eigenvalue weighted by Crippen LogP contribution is 2.35. The number of rotatable bonds is 4. The first-order chi connectivity index (χ1) is 13.3. The normalized spacial score (nSPS) is 16.6. The van der Waals surface area contributed by atoms with E-state index in [1.807, 2.05) is 24.3 Å². The molecule has 0 unspecified atom stereocenters. The fourth-order valence-corrected chi connectivity index (χ4v) is 3.40. The molecule has 7 heteroatoms. The van der Waals surface area contributed by atoms with Crippen molar-refractivity contribution in [2.45, 2.75) is 44.2 Å². The summed E-state index contributed by atoms with van der Waals surface area (Å²) in [6.45, 7) is 0. The van der Waals surface area contributed by atoms with E-state index in [4.69, 9.17) is 0 Å². The second kappa shape index (κ2) is 8.29. The van der Waals surface area contributed by atoms with Gasteiger partial charge in [0.15, 0.2) is 11.6 Å². The van der Waals surface area contributed by atoms with Gasteiger partial charge in [-0.2, -0.15) is 22.0 Å². The predicted octanol–water partition coefficient (Wildman–Crippen LogP) is 7.59. The minimum absolute atomic E-state index is 0.445. The summed E-state index contributed by atoms with van der Waals surface area (Å²) >= 11 is 0. The van der Waals surface area contributed by atoms with Gasteiger partial charge in [0.25, 0.3) is 5.83 Å². The number of allylic oxidation sites excluding steroid dienone is 1. The Morgan fingerprint density at radius 1 is 0.857 bits per heavy atom. The molecule has 2 aromatic rings. The average molecular weight is 400 g/mol. The van der Waals surface area contributed by atoms with Crippen molar-refractivity contribution in [1.29, 1.82) is 0 Å². The summed E-state index contributed by atoms with van der Waals surface area (Å²) in [6, 6.07) is 8.44. The van der Waals surface area contributed by atoms with Crippen molar-refractivity contribution in [2.24, 2.45) is 0 Å². The zero-order valence-electron chi connectivity index (χ0n) is 14.8. The summed E-state index contributed by atoms with van der Waals surface area (Å²) < 4.78 is 80.5. The highest BCUT2D eigenvalue weighted by molar-refractivity contribution is 5.65. The molecular formula is C21H18F6O. The molecule has 0 saturated heterocycles. The predicted molar refractivity (Wildman–Crippen MR) is 93.6 cm³/mol. The van der Waals surface area contributed by atoms with E-state index in [1.54, 1.807) is 0 Å². The third kappa shape index (κ3) is 4.69. The number of alkyl halides is 3. The molecule has 0 radical (unpaired) electrons. The lowest BCUT2D eigenvalue weighted by Crippen LogP contribution is -2.11. The molecule has 0 N–H and O–H groups in total. The van der Waals surface area contributed by atoms with E-state index in [0.29, 0.717) is 17.0 Å². The van der Waals surface area contributed by atoms with Gasteiger partial charge in [-0.1, -0.05) is 49.6 Å². The van der Waals surface area contributed by atoms with Crippen molar-refractivity contribution in [1.82, 2.24) is 0 Å². The fraction of sp³-hybridized carbons (Fsp3) is 0.333. The van der Waals surface area contributed by atoms with Crippen molar-refractivity contribution < 1.29 is 31.1 Å². The van der Waals surface area contributed by atoms with Crippen LogP contribution in [0.15, 0.2) is 54.3 Å². The van der Waals surface area contributed by atoms with E-state index in [1.165, 1.54) is 30.9 Å². The Morgan fingerprint density at radius 3 is 2.04 bits per heavy atom. The molecular weight excluding hydrogens is 382 g/mol. The lowest BCUT2D eigenvalue weighted by atomic mass is 9.84. The zero-order chi connectivity index (χ0) is 20.3. The van der Waals surface area contributed by atoms with Gasteiger partial charge in [-0.15, -0.1) is 0 Å². The van der Waals surface area contributed by atoms with Crippen LogP contribution < -0.4 is 4.74 Å². The molecule has 0 aliphatic heterocycles. The minimum Gasteiger partial charge on any atom is -0.426 e. The largest absolute Gasteiger partial charge is 0.449 e. The Balaban J connectivity index is 1.77. The maximum Gasteiger partial charge on any atom is 0.449 e. The van der Waals surface area contributed by atoms with Crippen LogP contribution in [0, 0.1) is 5.82 Å². The first-order valence-electron chi connectivity index (χ1n) is 8.96. The molecule has 0 spiro atoms. The third-order valence-corrected chi connectivity index (χ3v) is 4.87.